The van der Waals surface area contributed by atoms with Gasteiger partial charge in [0.25, 0.3) is 10.2 Å². The number of hydrogen-bond acceptors (Lipinski definition) is 4. The molecule has 40 heavy (non-hydrogen) atoms. The van der Waals surface area contributed by atoms with Crippen LogP contribution in [0.2, 0.25) is 0 Å². The maximum atomic E-state index is 13.5. The summed E-state index contributed by atoms with van der Waals surface area (Å²) in [5, 5.41) is 2.74. The molecule has 5 rings (SSSR count). The van der Waals surface area contributed by atoms with Crippen LogP contribution in [0.5, 0.6) is 0 Å². The van der Waals surface area contributed by atoms with E-state index in [-0.39, 0.29) is 30.9 Å². The SMILES string of the molecule is O=C(NCc1ccc(C(F)(F)F)cc1)[C@H]1CCCN1C(=O)[C@H]1CCCN(S(=O)(=O)N2CC[C@H]2c2ccccc2)C1. The second kappa shape index (κ2) is 11.5. The van der Waals surface area contributed by atoms with Gasteiger partial charge in [-0.05, 0) is 55.4 Å². The molecule has 2 aromatic rings. The zero-order valence-electron chi connectivity index (χ0n) is 22.0. The molecule has 2 aromatic carbocycles. The van der Waals surface area contributed by atoms with E-state index in [1.807, 2.05) is 30.3 Å². The molecule has 216 valence electrons. The van der Waals surface area contributed by atoms with E-state index in [2.05, 4.69) is 5.32 Å². The molecule has 0 unspecified atom stereocenters. The Morgan fingerprint density at radius 1 is 0.900 bits per heavy atom. The fourth-order valence-electron chi connectivity index (χ4n) is 5.81. The molecule has 3 heterocycles. The highest BCUT2D eigenvalue weighted by Gasteiger charge is 2.45. The van der Waals surface area contributed by atoms with Crippen molar-refractivity contribution in [1.29, 1.82) is 0 Å². The highest BCUT2D eigenvalue weighted by atomic mass is 32.2. The van der Waals surface area contributed by atoms with E-state index in [1.165, 1.54) is 20.7 Å². The Balaban J connectivity index is 1.19. The topological polar surface area (TPSA) is 90.0 Å². The van der Waals surface area contributed by atoms with Gasteiger partial charge in [-0.25, -0.2) is 0 Å². The Labute approximate surface area is 232 Å². The van der Waals surface area contributed by atoms with E-state index in [0.717, 1.165) is 24.1 Å². The van der Waals surface area contributed by atoms with Crippen molar-refractivity contribution in [3.8, 4) is 0 Å². The van der Waals surface area contributed by atoms with Crippen molar-refractivity contribution in [2.75, 3.05) is 26.2 Å². The van der Waals surface area contributed by atoms with E-state index < -0.39 is 33.9 Å². The zero-order valence-corrected chi connectivity index (χ0v) is 22.8. The average molecular weight is 579 g/mol. The van der Waals surface area contributed by atoms with Crippen molar-refractivity contribution in [3.63, 3.8) is 0 Å². The first-order chi connectivity index (χ1) is 19.1. The fourth-order valence-corrected chi connectivity index (χ4v) is 7.72. The smallest absolute Gasteiger partial charge is 0.350 e. The first-order valence-corrected chi connectivity index (χ1v) is 15.0. The summed E-state index contributed by atoms with van der Waals surface area (Å²) in [7, 11) is -3.75. The van der Waals surface area contributed by atoms with E-state index in [9.17, 15) is 31.2 Å². The van der Waals surface area contributed by atoms with Crippen LogP contribution in [0.4, 0.5) is 13.2 Å². The molecular weight excluding hydrogens is 545 g/mol. The largest absolute Gasteiger partial charge is 0.416 e. The van der Waals surface area contributed by atoms with Crippen LogP contribution in [0.25, 0.3) is 0 Å². The maximum absolute atomic E-state index is 13.5. The lowest BCUT2D eigenvalue weighted by atomic mass is 9.97. The number of nitrogens with one attached hydrogen (secondary N) is 1. The minimum Gasteiger partial charge on any atom is -0.350 e. The van der Waals surface area contributed by atoms with E-state index in [4.69, 9.17) is 0 Å². The third kappa shape index (κ3) is 5.89. The molecule has 1 N–H and O–H groups in total. The van der Waals surface area contributed by atoms with Crippen LogP contribution in [-0.4, -0.2) is 66.0 Å². The quantitative estimate of drug-likeness (QED) is 0.543. The van der Waals surface area contributed by atoms with Crippen LogP contribution >= 0.6 is 0 Å². The number of piperidine rings is 1. The van der Waals surface area contributed by atoms with Gasteiger partial charge in [0.1, 0.15) is 6.04 Å². The second-order valence-corrected chi connectivity index (χ2v) is 12.5. The Kier molecular flexibility index (Phi) is 8.21. The first kappa shape index (κ1) is 28.6. The van der Waals surface area contributed by atoms with Crippen molar-refractivity contribution >= 4 is 22.0 Å². The minimum atomic E-state index is -4.43. The number of likely N-dealkylation sites (tertiary alicyclic amines) is 1. The Bertz CT molecular complexity index is 1320. The number of nitrogens with zero attached hydrogens (tertiary/aromatic N) is 3. The Morgan fingerprint density at radius 2 is 1.60 bits per heavy atom. The molecule has 0 saturated carbocycles. The van der Waals surface area contributed by atoms with Crippen molar-refractivity contribution in [3.05, 3.63) is 71.3 Å². The van der Waals surface area contributed by atoms with E-state index in [0.29, 0.717) is 50.9 Å². The van der Waals surface area contributed by atoms with Gasteiger partial charge < -0.3 is 10.2 Å². The number of carbonyl (C=O) groups excluding carboxylic acids is 2. The van der Waals surface area contributed by atoms with E-state index in [1.54, 1.807) is 4.90 Å². The van der Waals surface area contributed by atoms with Crippen LogP contribution in [0, 0.1) is 5.92 Å². The summed E-state index contributed by atoms with van der Waals surface area (Å²) in [4.78, 5) is 28.1. The maximum Gasteiger partial charge on any atom is 0.416 e. The molecule has 3 aliphatic heterocycles. The van der Waals surface area contributed by atoms with Crippen molar-refractivity contribution in [2.24, 2.45) is 5.92 Å². The predicted octanol–water partition coefficient (Wildman–Crippen LogP) is 3.72. The van der Waals surface area contributed by atoms with E-state index >= 15 is 0 Å². The van der Waals surface area contributed by atoms with Gasteiger partial charge in [-0.2, -0.15) is 30.2 Å². The van der Waals surface area contributed by atoms with Gasteiger partial charge in [-0.15, -0.1) is 0 Å². The third-order valence-corrected chi connectivity index (χ3v) is 10.1. The van der Waals surface area contributed by atoms with Crippen LogP contribution in [-0.2, 0) is 32.5 Å². The summed E-state index contributed by atoms with van der Waals surface area (Å²) < 4.78 is 68.3. The molecule has 0 spiro atoms. The Morgan fingerprint density at radius 3 is 2.25 bits per heavy atom. The normalized spacial score (nSPS) is 24.5. The minimum absolute atomic E-state index is 0.0450. The molecule has 3 saturated heterocycles. The van der Waals surface area contributed by atoms with Gasteiger partial charge in [-0.1, -0.05) is 42.5 Å². The number of rotatable bonds is 7. The summed E-state index contributed by atoms with van der Waals surface area (Å²) in [5.41, 5.74) is 0.706. The third-order valence-electron chi connectivity index (χ3n) is 8.10. The number of benzene rings is 2. The second-order valence-electron chi connectivity index (χ2n) is 10.6. The highest BCUT2D eigenvalue weighted by molar-refractivity contribution is 7.86. The molecule has 0 aromatic heterocycles. The lowest BCUT2D eigenvalue weighted by Crippen LogP contribution is -2.56. The molecule has 0 radical (unpaired) electrons. The van der Waals surface area contributed by atoms with Gasteiger partial charge in [0, 0.05) is 32.7 Å². The lowest BCUT2D eigenvalue weighted by Gasteiger charge is -2.44. The molecule has 3 fully saturated rings. The van der Waals surface area contributed by atoms with Gasteiger partial charge in [0.05, 0.1) is 17.5 Å². The lowest BCUT2D eigenvalue weighted by molar-refractivity contribution is -0.142. The molecule has 0 bridgehead atoms. The number of halogens is 3. The molecule has 2 amide bonds. The van der Waals surface area contributed by atoms with Crippen molar-refractivity contribution in [1.82, 2.24) is 18.8 Å². The summed E-state index contributed by atoms with van der Waals surface area (Å²) in [6.45, 7) is 1.31. The molecular formula is C28H33F3N4O4S. The average Bonchev–Trinajstić information content (AvgIpc) is 3.41. The van der Waals surface area contributed by atoms with Gasteiger partial charge in [0.15, 0.2) is 0 Å². The summed E-state index contributed by atoms with van der Waals surface area (Å²) >= 11 is 0. The number of carbonyl (C=O) groups is 2. The summed E-state index contributed by atoms with van der Waals surface area (Å²) in [6, 6.07) is 13.2. The molecule has 3 aliphatic rings. The molecule has 8 nitrogen and oxygen atoms in total. The first-order valence-electron chi connectivity index (χ1n) is 13.6. The van der Waals surface area contributed by atoms with Gasteiger partial charge in [0.2, 0.25) is 11.8 Å². The number of amides is 2. The van der Waals surface area contributed by atoms with Gasteiger partial charge in [-0.3, -0.25) is 9.59 Å². The van der Waals surface area contributed by atoms with Crippen LogP contribution in [0.3, 0.4) is 0 Å². The standard InChI is InChI=1S/C28H33F3N4O4S/c29-28(30,31)23-12-10-20(11-13-23)18-32-26(36)25-9-5-16-34(25)27(37)22-8-4-15-33(19-22)40(38,39)35-17-14-24(35)21-6-2-1-3-7-21/h1-3,6-7,10-13,22,24-25H,4-5,8-9,14-19H2,(H,32,36)/t22-,24-,25+/m0/s1. The Hall–Kier alpha value is -2.96. The molecule has 3 atom stereocenters. The highest BCUT2D eigenvalue weighted by Crippen LogP contribution is 2.38. The predicted molar refractivity (Wildman–Crippen MR) is 142 cm³/mol. The van der Waals surface area contributed by atoms with Crippen LogP contribution in [0.1, 0.15) is 54.8 Å². The number of alkyl halides is 3. The monoisotopic (exact) mass is 578 g/mol. The molecule has 12 heteroatoms. The van der Waals surface area contributed by atoms with Crippen molar-refractivity contribution < 1.29 is 31.2 Å². The zero-order chi connectivity index (χ0) is 28.5. The van der Waals surface area contributed by atoms with Crippen molar-refractivity contribution in [2.45, 2.75) is 56.9 Å². The summed E-state index contributed by atoms with van der Waals surface area (Å²) in [5.74, 6) is -1.13. The fraction of sp³-hybridized carbons (Fsp3) is 0.500. The van der Waals surface area contributed by atoms with Crippen LogP contribution < -0.4 is 5.32 Å². The number of hydrogen-bond donors (Lipinski definition) is 1. The molecule has 0 aliphatic carbocycles. The van der Waals surface area contributed by atoms with Crippen LogP contribution in [0.15, 0.2) is 54.6 Å². The van der Waals surface area contributed by atoms with Gasteiger partial charge >= 0.3 is 6.18 Å². The summed E-state index contributed by atoms with van der Waals surface area (Å²) in [6.07, 6.45) is -1.46.